The molecule has 0 aromatic heterocycles. The monoisotopic (exact) mass is 764 g/mol. The van der Waals surface area contributed by atoms with Crippen LogP contribution in [-0.4, -0.2) is 62.3 Å². The lowest BCUT2D eigenvalue weighted by Crippen LogP contribution is -2.42. The van der Waals surface area contributed by atoms with Gasteiger partial charge in [-0.25, -0.2) is 0 Å². The third-order valence-electron chi connectivity index (χ3n) is 12.1. The van der Waals surface area contributed by atoms with Gasteiger partial charge in [0.25, 0.3) is 0 Å². The number of unbranched alkanes of at least 4 members (excludes halogenated alkanes) is 17. The molecule has 2 unspecified atom stereocenters. The van der Waals surface area contributed by atoms with Crippen LogP contribution in [0.3, 0.4) is 0 Å². The largest absolute Gasteiger partial charge is 0.466 e. The Morgan fingerprint density at radius 3 is 1.24 bits per heavy atom. The number of hydrogen-bond acceptors (Lipinski definition) is 7. The zero-order valence-corrected chi connectivity index (χ0v) is 36.5. The summed E-state index contributed by atoms with van der Waals surface area (Å²) < 4.78 is 17.4. The van der Waals surface area contributed by atoms with E-state index >= 15 is 0 Å². The Balaban J connectivity index is 2.83. The van der Waals surface area contributed by atoms with Crippen LogP contribution in [0.1, 0.15) is 227 Å². The third-order valence-corrected chi connectivity index (χ3v) is 12.1. The van der Waals surface area contributed by atoms with E-state index in [2.05, 4.69) is 32.6 Å². The summed E-state index contributed by atoms with van der Waals surface area (Å²) in [5.41, 5.74) is 0.000596. The quantitative estimate of drug-likeness (QED) is 0.0354. The van der Waals surface area contributed by atoms with Crippen molar-refractivity contribution in [3.05, 3.63) is 0 Å². The fourth-order valence-electron chi connectivity index (χ4n) is 8.24. The molecule has 1 saturated heterocycles. The number of piperidine rings is 1. The highest BCUT2D eigenvalue weighted by Crippen LogP contribution is 2.39. The van der Waals surface area contributed by atoms with E-state index in [4.69, 9.17) is 14.2 Å². The van der Waals surface area contributed by atoms with Crippen LogP contribution in [0.2, 0.25) is 0 Å². The molecule has 0 aromatic rings. The van der Waals surface area contributed by atoms with Gasteiger partial charge < -0.3 is 19.1 Å². The van der Waals surface area contributed by atoms with E-state index in [1.165, 1.54) is 110 Å². The second-order valence-corrected chi connectivity index (χ2v) is 16.9. The molecule has 0 aromatic carbocycles. The second-order valence-electron chi connectivity index (χ2n) is 16.9. The van der Waals surface area contributed by atoms with Crippen molar-refractivity contribution in [2.75, 3.05) is 39.5 Å². The minimum Gasteiger partial charge on any atom is -0.466 e. The van der Waals surface area contributed by atoms with E-state index < -0.39 is 0 Å². The number of nitrogens with zero attached hydrogens (tertiary/aromatic N) is 1. The number of carbonyl (C=O) groups is 3. The molecule has 7 nitrogen and oxygen atoms in total. The molecule has 318 valence electrons. The van der Waals surface area contributed by atoms with Crippen molar-refractivity contribution >= 4 is 17.9 Å². The van der Waals surface area contributed by atoms with E-state index in [9.17, 15) is 14.4 Å². The standard InChI is InChI=1S/C47H89NO6/c1-6-10-14-18-20-24-30-43(28-22-16-12-8-3)45(50)53-40-34-47(32-37-48(38-33-47)36-26-27-39-52-42(5)49)35-41-54-46(51)44(29-23-17-13-9-4)31-25-21-19-15-11-7-2/h43-44H,6-41H2,1-5H3. The SMILES string of the molecule is CCCCCCCCC(CCCCCC)C(=O)OCCC1(CCOC(=O)C(CCCCCC)CCCCCCCC)CCN(CCCCOC(C)=O)CC1. The predicted octanol–water partition coefficient (Wildman–Crippen LogP) is 13.0. The summed E-state index contributed by atoms with van der Waals surface area (Å²) in [5, 5.41) is 0. The molecule has 0 N–H and O–H groups in total. The highest BCUT2D eigenvalue weighted by atomic mass is 16.5. The molecule has 0 bridgehead atoms. The Bertz CT molecular complexity index is 849. The van der Waals surface area contributed by atoms with Crippen LogP contribution >= 0.6 is 0 Å². The molecular weight excluding hydrogens is 675 g/mol. The van der Waals surface area contributed by atoms with Crippen LogP contribution in [0.5, 0.6) is 0 Å². The van der Waals surface area contributed by atoms with Gasteiger partial charge in [0, 0.05) is 6.92 Å². The lowest BCUT2D eigenvalue weighted by Gasteiger charge is -2.42. The topological polar surface area (TPSA) is 82.1 Å². The van der Waals surface area contributed by atoms with Gasteiger partial charge in [0.15, 0.2) is 0 Å². The third kappa shape index (κ3) is 26.3. The first-order chi connectivity index (χ1) is 26.3. The maximum absolute atomic E-state index is 13.5. The molecule has 0 spiro atoms. The molecule has 0 aliphatic carbocycles. The Morgan fingerprint density at radius 2 is 0.852 bits per heavy atom. The second kappa shape index (κ2) is 34.6. The minimum absolute atomic E-state index is 0.000596. The van der Waals surface area contributed by atoms with Gasteiger partial charge >= 0.3 is 17.9 Å². The summed E-state index contributed by atoms with van der Waals surface area (Å²) in [4.78, 5) is 40.7. The van der Waals surface area contributed by atoms with Gasteiger partial charge in [0.1, 0.15) is 0 Å². The first-order valence-electron chi connectivity index (χ1n) is 23.5. The number of esters is 3. The van der Waals surface area contributed by atoms with E-state index in [0.29, 0.717) is 19.8 Å². The van der Waals surface area contributed by atoms with Gasteiger partial charge in [-0.3, -0.25) is 14.4 Å². The highest BCUT2D eigenvalue weighted by molar-refractivity contribution is 5.72. The molecule has 1 rings (SSSR count). The fourth-order valence-corrected chi connectivity index (χ4v) is 8.24. The number of carbonyl (C=O) groups excluding carboxylic acids is 3. The van der Waals surface area contributed by atoms with Crippen molar-refractivity contribution in [3.63, 3.8) is 0 Å². The predicted molar refractivity (Wildman–Crippen MR) is 226 cm³/mol. The van der Waals surface area contributed by atoms with Crippen LogP contribution in [-0.2, 0) is 28.6 Å². The molecule has 1 heterocycles. The molecule has 1 fully saturated rings. The molecule has 54 heavy (non-hydrogen) atoms. The summed E-state index contributed by atoms with van der Waals surface area (Å²) >= 11 is 0. The maximum Gasteiger partial charge on any atom is 0.308 e. The molecule has 7 heteroatoms. The number of ether oxygens (including phenoxy) is 3. The van der Waals surface area contributed by atoms with Crippen LogP contribution in [0.15, 0.2) is 0 Å². The Hall–Kier alpha value is -1.63. The van der Waals surface area contributed by atoms with Gasteiger partial charge in [-0.2, -0.15) is 0 Å². The first kappa shape index (κ1) is 50.4. The summed E-state index contributed by atoms with van der Waals surface area (Å²) in [7, 11) is 0. The zero-order chi connectivity index (χ0) is 39.5. The van der Waals surface area contributed by atoms with Crippen molar-refractivity contribution in [2.24, 2.45) is 17.3 Å². The van der Waals surface area contributed by atoms with Gasteiger partial charge in [-0.05, 0) is 89.3 Å². The number of likely N-dealkylation sites (tertiary alicyclic amines) is 1. The molecule has 1 aliphatic rings. The van der Waals surface area contributed by atoms with Crippen molar-refractivity contribution in [1.82, 2.24) is 4.90 Å². The zero-order valence-electron chi connectivity index (χ0n) is 36.5. The highest BCUT2D eigenvalue weighted by Gasteiger charge is 2.35. The van der Waals surface area contributed by atoms with E-state index in [0.717, 1.165) is 110 Å². The normalized spacial score (nSPS) is 15.5. The maximum atomic E-state index is 13.5. The molecule has 1 aliphatic heterocycles. The summed E-state index contributed by atoms with van der Waals surface area (Å²) in [6.45, 7) is 14.8. The average molecular weight is 764 g/mol. The minimum atomic E-state index is -0.213. The Kier molecular flexibility index (Phi) is 32.3. The van der Waals surface area contributed by atoms with Gasteiger partial charge in [-0.15, -0.1) is 0 Å². The smallest absolute Gasteiger partial charge is 0.308 e. The summed E-state index contributed by atoms with van der Waals surface area (Å²) in [6.07, 6.45) is 33.7. The Labute approximate surface area is 334 Å². The van der Waals surface area contributed by atoms with Crippen LogP contribution in [0.25, 0.3) is 0 Å². The fraction of sp³-hybridized carbons (Fsp3) is 0.936. The van der Waals surface area contributed by atoms with Crippen molar-refractivity contribution < 1.29 is 28.6 Å². The van der Waals surface area contributed by atoms with E-state index in [1.54, 1.807) is 0 Å². The first-order valence-corrected chi connectivity index (χ1v) is 23.5. The molecule has 2 atom stereocenters. The van der Waals surface area contributed by atoms with Crippen LogP contribution in [0, 0.1) is 17.3 Å². The lowest BCUT2D eigenvalue weighted by molar-refractivity contribution is -0.151. The van der Waals surface area contributed by atoms with Crippen LogP contribution in [0.4, 0.5) is 0 Å². The Morgan fingerprint density at radius 1 is 0.481 bits per heavy atom. The van der Waals surface area contributed by atoms with Crippen LogP contribution < -0.4 is 0 Å². The van der Waals surface area contributed by atoms with E-state index in [1.807, 2.05) is 0 Å². The number of rotatable bonds is 37. The van der Waals surface area contributed by atoms with Crippen molar-refractivity contribution in [3.8, 4) is 0 Å². The summed E-state index contributed by atoms with van der Waals surface area (Å²) in [5.74, 6) is -0.172. The average Bonchev–Trinajstić information content (AvgIpc) is 3.16. The van der Waals surface area contributed by atoms with Gasteiger partial charge in [-0.1, -0.05) is 156 Å². The number of hydrogen-bond donors (Lipinski definition) is 0. The van der Waals surface area contributed by atoms with Gasteiger partial charge in [0.2, 0.25) is 0 Å². The molecule has 0 saturated carbocycles. The molecule has 0 radical (unpaired) electrons. The van der Waals surface area contributed by atoms with Crippen molar-refractivity contribution in [1.29, 1.82) is 0 Å². The van der Waals surface area contributed by atoms with Gasteiger partial charge in [0.05, 0.1) is 31.7 Å². The van der Waals surface area contributed by atoms with Crippen molar-refractivity contribution in [2.45, 2.75) is 227 Å². The lowest BCUT2D eigenvalue weighted by atomic mass is 9.73. The molecular formula is C47H89NO6. The van der Waals surface area contributed by atoms with E-state index in [-0.39, 0.29) is 35.2 Å². The summed E-state index contributed by atoms with van der Waals surface area (Å²) in [6, 6.07) is 0. The molecule has 0 amide bonds.